The van der Waals surface area contributed by atoms with E-state index in [0.29, 0.717) is 17.9 Å². The van der Waals surface area contributed by atoms with Crippen molar-refractivity contribution in [2.45, 2.75) is 12.5 Å². The van der Waals surface area contributed by atoms with Crippen LogP contribution in [0.15, 0.2) is 18.2 Å². The van der Waals surface area contributed by atoms with Crippen LogP contribution in [0.5, 0.6) is 5.75 Å². The summed E-state index contributed by atoms with van der Waals surface area (Å²) in [7, 11) is 0. The van der Waals surface area contributed by atoms with Gasteiger partial charge in [-0.3, -0.25) is 0 Å². The first-order valence-corrected chi connectivity index (χ1v) is 4.21. The Labute approximate surface area is 76.7 Å². The summed E-state index contributed by atoms with van der Waals surface area (Å²) in [6.45, 7) is 0.506. The summed E-state index contributed by atoms with van der Waals surface area (Å²) in [4.78, 5) is 0. The van der Waals surface area contributed by atoms with E-state index < -0.39 is 0 Å². The molecule has 13 heavy (non-hydrogen) atoms. The van der Waals surface area contributed by atoms with Gasteiger partial charge in [-0.1, -0.05) is 12.1 Å². The molecule has 0 spiro atoms. The molecule has 66 valence electrons. The van der Waals surface area contributed by atoms with Gasteiger partial charge in [0.2, 0.25) is 0 Å². The van der Waals surface area contributed by atoms with Gasteiger partial charge in [-0.05, 0) is 18.1 Å². The topological polar surface area (TPSA) is 59.0 Å². The van der Waals surface area contributed by atoms with E-state index in [1.54, 1.807) is 6.07 Å². The lowest BCUT2D eigenvalue weighted by atomic mass is 10.0. The molecule has 3 heteroatoms. The van der Waals surface area contributed by atoms with Crippen LogP contribution in [0.25, 0.3) is 0 Å². The van der Waals surface area contributed by atoms with E-state index in [1.807, 2.05) is 12.1 Å². The fourth-order valence-corrected chi connectivity index (χ4v) is 1.54. The minimum absolute atomic E-state index is 0.0569. The van der Waals surface area contributed by atoms with Gasteiger partial charge in [0.05, 0.1) is 5.56 Å². The van der Waals surface area contributed by atoms with Gasteiger partial charge < -0.3 is 10.5 Å². The first-order chi connectivity index (χ1) is 6.31. The fraction of sp³-hybridized carbons (Fsp3) is 0.300. The molecule has 1 aliphatic heterocycles. The highest BCUT2D eigenvalue weighted by Crippen LogP contribution is 2.27. The molecule has 2 rings (SSSR count). The maximum absolute atomic E-state index is 8.80. The van der Waals surface area contributed by atoms with E-state index in [1.165, 1.54) is 0 Å². The van der Waals surface area contributed by atoms with Crippen LogP contribution in [-0.2, 0) is 6.42 Å². The van der Waals surface area contributed by atoms with E-state index in [0.717, 1.165) is 12.0 Å². The van der Waals surface area contributed by atoms with Crippen molar-refractivity contribution in [3.05, 3.63) is 29.3 Å². The minimum Gasteiger partial charge on any atom is -0.490 e. The van der Waals surface area contributed by atoms with Crippen LogP contribution < -0.4 is 10.5 Å². The second-order valence-electron chi connectivity index (χ2n) is 3.18. The molecule has 0 aliphatic carbocycles. The van der Waals surface area contributed by atoms with Gasteiger partial charge in [-0.2, -0.15) is 5.26 Å². The van der Waals surface area contributed by atoms with E-state index in [2.05, 4.69) is 6.07 Å². The number of hydrogen-bond donors (Lipinski definition) is 1. The Balaban J connectivity index is 2.47. The van der Waals surface area contributed by atoms with E-state index in [9.17, 15) is 0 Å². The van der Waals surface area contributed by atoms with Gasteiger partial charge >= 0.3 is 0 Å². The van der Waals surface area contributed by atoms with Crippen molar-refractivity contribution in [3.63, 3.8) is 0 Å². The number of nitrogens with zero attached hydrogens (tertiary/aromatic N) is 1. The number of nitriles is 1. The summed E-state index contributed by atoms with van der Waals surface area (Å²) in [6, 6.07) is 7.73. The van der Waals surface area contributed by atoms with E-state index in [-0.39, 0.29) is 6.04 Å². The molecule has 1 aliphatic rings. The molecular weight excluding hydrogens is 164 g/mol. The highest BCUT2D eigenvalue weighted by molar-refractivity contribution is 5.49. The van der Waals surface area contributed by atoms with Crippen molar-refractivity contribution in [1.82, 2.24) is 0 Å². The number of hydrogen-bond acceptors (Lipinski definition) is 3. The first-order valence-electron chi connectivity index (χ1n) is 4.21. The number of para-hydroxylation sites is 1. The lowest BCUT2D eigenvalue weighted by Gasteiger charge is -2.22. The first kappa shape index (κ1) is 8.09. The molecule has 1 atom stereocenters. The number of rotatable bonds is 0. The second kappa shape index (κ2) is 3.08. The maximum Gasteiger partial charge on any atom is 0.140 e. The molecule has 0 fully saturated rings. The average molecular weight is 174 g/mol. The molecule has 0 saturated heterocycles. The van der Waals surface area contributed by atoms with E-state index >= 15 is 0 Å². The normalized spacial score (nSPS) is 19.8. The lowest BCUT2D eigenvalue weighted by molar-refractivity contribution is 0.263. The Morgan fingerprint density at radius 3 is 3.15 bits per heavy atom. The number of ether oxygens (including phenoxy) is 1. The van der Waals surface area contributed by atoms with Gasteiger partial charge in [0.1, 0.15) is 18.4 Å². The molecule has 1 heterocycles. The van der Waals surface area contributed by atoms with Crippen LogP contribution in [0.1, 0.15) is 11.1 Å². The largest absolute Gasteiger partial charge is 0.490 e. The smallest absolute Gasteiger partial charge is 0.140 e. The average Bonchev–Trinajstić information content (AvgIpc) is 2.16. The SMILES string of the molecule is N#Cc1cccc2c1OC[C@@H](N)C2. The predicted molar refractivity (Wildman–Crippen MR) is 48.3 cm³/mol. The zero-order valence-corrected chi connectivity index (χ0v) is 7.16. The minimum atomic E-state index is 0.0569. The van der Waals surface area contributed by atoms with Crippen molar-refractivity contribution in [1.29, 1.82) is 5.26 Å². The summed E-state index contributed by atoms with van der Waals surface area (Å²) in [5, 5.41) is 8.80. The molecule has 2 N–H and O–H groups in total. The van der Waals surface area contributed by atoms with Gasteiger partial charge in [0.15, 0.2) is 0 Å². The molecule has 0 amide bonds. The van der Waals surface area contributed by atoms with Crippen LogP contribution in [-0.4, -0.2) is 12.6 Å². The van der Waals surface area contributed by atoms with Crippen molar-refractivity contribution < 1.29 is 4.74 Å². The highest BCUT2D eigenvalue weighted by atomic mass is 16.5. The molecule has 0 bridgehead atoms. The number of benzene rings is 1. The second-order valence-corrected chi connectivity index (χ2v) is 3.18. The molecule has 0 saturated carbocycles. The summed E-state index contributed by atoms with van der Waals surface area (Å²) >= 11 is 0. The van der Waals surface area contributed by atoms with Crippen molar-refractivity contribution in [3.8, 4) is 11.8 Å². The molecule has 1 aromatic carbocycles. The Kier molecular flexibility index (Phi) is 1.91. The predicted octanol–water partition coefficient (Wildman–Crippen LogP) is 0.820. The zero-order valence-electron chi connectivity index (χ0n) is 7.16. The zero-order chi connectivity index (χ0) is 9.26. The molecule has 0 radical (unpaired) electrons. The monoisotopic (exact) mass is 174 g/mol. The number of nitrogens with two attached hydrogens (primary N) is 1. The van der Waals surface area contributed by atoms with Crippen LogP contribution in [0.2, 0.25) is 0 Å². The highest BCUT2D eigenvalue weighted by Gasteiger charge is 2.18. The fourth-order valence-electron chi connectivity index (χ4n) is 1.54. The Morgan fingerprint density at radius 1 is 1.54 bits per heavy atom. The quantitative estimate of drug-likeness (QED) is 0.633. The summed E-state index contributed by atoms with van der Waals surface area (Å²) in [5.41, 5.74) is 7.37. The van der Waals surface area contributed by atoms with Crippen molar-refractivity contribution in [2.24, 2.45) is 5.73 Å². The van der Waals surface area contributed by atoms with Crippen molar-refractivity contribution >= 4 is 0 Å². The van der Waals surface area contributed by atoms with Crippen molar-refractivity contribution in [2.75, 3.05) is 6.61 Å². The van der Waals surface area contributed by atoms with Gasteiger partial charge in [-0.25, -0.2) is 0 Å². The molecule has 3 nitrogen and oxygen atoms in total. The third-order valence-electron chi connectivity index (χ3n) is 2.14. The molecule has 1 aromatic rings. The lowest BCUT2D eigenvalue weighted by Crippen LogP contribution is -2.34. The molecule has 0 aromatic heterocycles. The summed E-state index contributed by atoms with van der Waals surface area (Å²) in [5.74, 6) is 0.715. The number of fused-ring (bicyclic) bond motifs is 1. The van der Waals surface area contributed by atoms with Gasteiger partial charge in [-0.15, -0.1) is 0 Å². The Morgan fingerprint density at radius 2 is 2.38 bits per heavy atom. The molecule has 0 unspecified atom stereocenters. The Bertz CT molecular complexity index is 368. The standard InChI is InChI=1S/C10H10N2O/c11-5-8-3-1-2-7-4-9(12)6-13-10(7)8/h1-3,9H,4,6,12H2/t9-/m0/s1. The van der Waals surface area contributed by atoms with Crippen LogP contribution in [0.4, 0.5) is 0 Å². The third-order valence-corrected chi connectivity index (χ3v) is 2.14. The van der Waals surface area contributed by atoms with Crippen LogP contribution in [0, 0.1) is 11.3 Å². The molecular formula is C10H10N2O. The Hall–Kier alpha value is -1.53. The van der Waals surface area contributed by atoms with Gasteiger partial charge in [0.25, 0.3) is 0 Å². The van der Waals surface area contributed by atoms with Crippen LogP contribution in [0.3, 0.4) is 0 Å². The maximum atomic E-state index is 8.80. The van der Waals surface area contributed by atoms with E-state index in [4.69, 9.17) is 15.7 Å². The third kappa shape index (κ3) is 1.36. The van der Waals surface area contributed by atoms with Crippen LogP contribution >= 0.6 is 0 Å². The summed E-state index contributed by atoms with van der Waals surface area (Å²) in [6.07, 6.45) is 0.796. The summed E-state index contributed by atoms with van der Waals surface area (Å²) < 4.78 is 5.41. The van der Waals surface area contributed by atoms with Gasteiger partial charge in [0, 0.05) is 6.04 Å².